The summed E-state index contributed by atoms with van der Waals surface area (Å²) in [4.78, 5) is 6.28. The van der Waals surface area contributed by atoms with E-state index in [0.717, 1.165) is 31.8 Å². The minimum absolute atomic E-state index is 0. The molecule has 1 aromatic carbocycles. The monoisotopic (exact) mass is 437 g/mol. The Morgan fingerprint density at radius 3 is 2.61 bits per heavy atom. The Morgan fingerprint density at radius 1 is 1.39 bits per heavy atom. The van der Waals surface area contributed by atoms with E-state index in [-0.39, 0.29) is 42.9 Å². The number of aliphatic imine (C=N–C) groups is 1. The number of guanidine groups is 1. The molecule has 0 amide bonds. The molecule has 130 valence electrons. The number of benzene rings is 1. The number of nitrogens with zero attached hydrogens (tertiary/aromatic N) is 2. The summed E-state index contributed by atoms with van der Waals surface area (Å²) in [5, 5.41) is 9.87. The maximum atomic E-state index is 12.8. The lowest BCUT2D eigenvalue weighted by molar-refractivity contribution is 0.114. The highest BCUT2D eigenvalue weighted by Crippen LogP contribution is 2.15. The van der Waals surface area contributed by atoms with Crippen LogP contribution in [0.2, 0.25) is 0 Å². The molecule has 0 saturated carbocycles. The average Bonchev–Trinajstić information content (AvgIpc) is 2.52. The van der Waals surface area contributed by atoms with Gasteiger partial charge in [0.05, 0.1) is 6.54 Å². The molecule has 1 aliphatic rings. The number of hydrogen-bond donors (Lipinski definition) is 2. The van der Waals surface area contributed by atoms with Crippen LogP contribution in [0.4, 0.5) is 4.39 Å². The molecule has 0 aliphatic carbocycles. The SMILES string of the molecule is CC1CCN(C(N)=NCC(O)COc2ccc(F)cc2)CC1.I. The summed E-state index contributed by atoms with van der Waals surface area (Å²) in [6.45, 7) is 4.36. The van der Waals surface area contributed by atoms with Crippen molar-refractivity contribution in [3.63, 3.8) is 0 Å². The van der Waals surface area contributed by atoms with E-state index >= 15 is 0 Å². The fraction of sp³-hybridized carbons (Fsp3) is 0.562. The Hall–Kier alpha value is -1.09. The Morgan fingerprint density at radius 2 is 2.00 bits per heavy atom. The molecule has 1 heterocycles. The Labute approximate surface area is 153 Å². The van der Waals surface area contributed by atoms with E-state index in [0.29, 0.717) is 11.7 Å². The molecule has 1 saturated heterocycles. The Kier molecular flexibility index (Phi) is 8.60. The first-order valence-electron chi connectivity index (χ1n) is 7.66. The van der Waals surface area contributed by atoms with Crippen LogP contribution < -0.4 is 10.5 Å². The highest BCUT2D eigenvalue weighted by Gasteiger charge is 2.17. The van der Waals surface area contributed by atoms with Gasteiger partial charge in [-0.05, 0) is 43.0 Å². The summed E-state index contributed by atoms with van der Waals surface area (Å²) in [5.41, 5.74) is 5.95. The molecule has 0 spiro atoms. The third-order valence-electron chi connectivity index (χ3n) is 3.83. The predicted molar refractivity (Wildman–Crippen MR) is 99.8 cm³/mol. The molecule has 23 heavy (non-hydrogen) atoms. The number of piperidine rings is 1. The third kappa shape index (κ3) is 6.90. The lowest BCUT2D eigenvalue weighted by Gasteiger charge is -2.31. The maximum Gasteiger partial charge on any atom is 0.191 e. The molecule has 3 N–H and O–H groups in total. The normalized spacial score (nSPS) is 17.5. The number of nitrogens with two attached hydrogens (primary N) is 1. The second-order valence-electron chi connectivity index (χ2n) is 5.79. The van der Waals surface area contributed by atoms with Crippen LogP contribution in [0.15, 0.2) is 29.3 Å². The molecule has 0 aromatic heterocycles. The van der Waals surface area contributed by atoms with Gasteiger partial charge in [-0.3, -0.25) is 4.99 Å². The molecule has 1 aliphatic heterocycles. The summed E-state index contributed by atoms with van der Waals surface area (Å²) in [6.07, 6.45) is 1.49. The minimum Gasteiger partial charge on any atom is -0.491 e. The topological polar surface area (TPSA) is 71.1 Å². The molecule has 1 aromatic rings. The average molecular weight is 437 g/mol. The molecule has 1 unspecified atom stereocenters. The van der Waals surface area contributed by atoms with Crippen LogP contribution in [-0.4, -0.2) is 48.3 Å². The van der Waals surface area contributed by atoms with Crippen molar-refractivity contribution in [1.29, 1.82) is 0 Å². The van der Waals surface area contributed by atoms with Gasteiger partial charge in [0.2, 0.25) is 0 Å². The second kappa shape index (κ2) is 9.92. The molecule has 1 fully saturated rings. The Balaban J connectivity index is 0.00000264. The van der Waals surface area contributed by atoms with Crippen molar-refractivity contribution in [3.05, 3.63) is 30.1 Å². The third-order valence-corrected chi connectivity index (χ3v) is 3.83. The van der Waals surface area contributed by atoms with E-state index in [9.17, 15) is 9.50 Å². The van der Waals surface area contributed by atoms with Crippen molar-refractivity contribution in [3.8, 4) is 5.75 Å². The van der Waals surface area contributed by atoms with Gasteiger partial charge in [-0.15, -0.1) is 24.0 Å². The minimum atomic E-state index is -0.743. The van der Waals surface area contributed by atoms with E-state index in [1.807, 2.05) is 4.90 Å². The first-order chi connectivity index (χ1) is 10.5. The summed E-state index contributed by atoms with van der Waals surface area (Å²) in [5.74, 6) is 1.41. The lowest BCUT2D eigenvalue weighted by atomic mass is 10.00. The fourth-order valence-corrected chi connectivity index (χ4v) is 2.31. The zero-order valence-electron chi connectivity index (χ0n) is 13.3. The van der Waals surface area contributed by atoms with E-state index < -0.39 is 6.10 Å². The van der Waals surface area contributed by atoms with Crippen molar-refractivity contribution in [2.75, 3.05) is 26.2 Å². The zero-order valence-corrected chi connectivity index (χ0v) is 15.7. The highest BCUT2D eigenvalue weighted by atomic mass is 127. The van der Waals surface area contributed by atoms with Crippen LogP contribution in [0, 0.1) is 11.7 Å². The van der Waals surface area contributed by atoms with Crippen molar-refractivity contribution in [2.24, 2.45) is 16.6 Å². The molecule has 2 rings (SSSR count). The zero-order chi connectivity index (χ0) is 15.9. The number of aliphatic hydroxyl groups excluding tert-OH is 1. The molecule has 1 atom stereocenters. The first-order valence-corrected chi connectivity index (χ1v) is 7.66. The number of ether oxygens (including phenoxy) is 1. The second-order valence-corrected chi connectivity index (χ2v) is 5.79. The summed E-state index contributed by atoms with van der Waals surface area (Å²) >= 11 is 0. The lowest BCUT2D eigenvalue weighted by Crippen LogP contribution is -2.43. The van der Waals surface area contributed by atoms with Crippen LogP contribution in [0.3, 0.4) is 0 Å². The van der Waals surface area contributed by atoms with E-state index in [1.54, 1.807) is 0 Å². The number of aliphatic hydroxyl groups is 1. The quantitative estimate of drug-likeness (QED) is 0.421. The van der Waals surface area contributed by atoms with Gasteiger partial charge in [-0.1, -0.05) is 6.92 Å². The molecular formula is C16H25FIN3O2. The highest BCUT2D eigenvalue weighted by molar-refractivity contribution is 14.0. The standard InChI is InChI=1S/C16H24FN3O2.HI/c1-12-6-8-20(9-7-12)16(18)19-10-14(21)11-22-15-4-2-13(17)3-5-15;/h2-5,12,14,21H,6-11H2,1H3,(H2,18,19);1H. The molecule has 5 nitrogen and oxygen atoms in total. The number of hydrogen-bond acceptors (Lipinski definition) is 3. The number of halogens is 2. The molecule has 0 radical (unpaired) electrons. The van der Waals surface area contributed by atoms with Gasteiger partial charge in [0.25, 0.3) is 0 Å². The molecule has 0 bridgehead atoms. The Bertz CT molecular complexity index is 491. The summed E-state index contributed by atoms with van der Waals surface area (Å²) in [7, 11) is 0. The van der Waals surface area contributed by atoms with Gasteiger partial charge < -0.3 is 20.5 Å². The van der Waals surface area contributed by atoms with Crippen molar-refractivity contribution in [2.45, 2.75) is 25.9 Å². The van der Waals surface area contributed by atoms with Crippen molar-refractivity contribution < 1.29 is 14.2 Å². The van der Waals surface area contributed by atoms with Gasteiger partial charge in [0, 0.05) is 13.1 Å². The first kappa shape index (κ1) is 20.0. The number of rotatable bonds is 5. The maximum absolute atomic E-state index is 12.8. The van der Waals surface area contributed by atoms with Gasteiger partial charge in [-0.25, -0.2) is 4.39 Å². The smallest absolute Gasteiger partial charge is 0.191 e. The van der Waals surface area contributed by atoms with Crippen LogP contribution in [0.5, 0.6) is 5.75 Å². The van der Waals surface area contributed by atoms with Gasteiger partial charge >= 0.3 is 0 Å². The van der Waals surface area contributed by atoms with Crippen LogP contribution >= 0.6 is 24.0 Å². The fourth-order valence-electron chi connectivity index (χ4n) is 2.31. The van der Waals surface area contributed by atoms with E-state index in [4.69, 9.17) is 10.5 Å². The van der Waals surface area contributed by atoms with Gasteiger partial charge in [0.1, 0.15) is 24.3 Å². The van der Waals surface area contributed by atoms with Gasteiger partial charge in [0.15, 0.2) is 5.96 Å². The summed E-state index contributed by atoms with van der Waals surface area (Å²) in [6, 6.07) is 5.67. The van der Waals surface area contributed by atoms with Crippen molar-refractivity contribution in [1.82, 2.24) is 4.90 Å². The summed E-state index contributed by atoms with van der Waals surface area (Å²) < 4.78 is 18.1. The van der Waals surface area contributed by atoms with Crippen LogP contribution in [0.25, 0.3) is 0 Å². The van der Waals surface area contributed by atoms with Gasteiger partial charge in [-0.2, -0.15) is 0 Å². The predicted octanol–water partition coefficient (Wildman–Crippen LogP) is 2.23. The van der Waals surface area contributed by atoms with E-state index in [1.165, 1.54) is 24.3 Å². The van der Waals surface area contributed by atoms with Crippen LogP contribution in [0.1, 0.15) is 19.8 Å². The van der Waals surface area contributed by atoms with Crippen LogP contribution in [-0.2, 0) is 0 Å². The number of likely N-dealkylation sites (tertiary alicyclic amines) is 1. The van der Waals surface area contributed by atoms with E-state index in [2.05, 4.69) is 11.9 Å². The molecular weight excluding hydrogens is 412 g/mol. The van der Waals surface area contributed by atoms with Crippen molar-refractivity contribution >= 4 is 29.9 Å². The molecule has 7 heteroatoms. The largest absolute Gasteiger partial charge is 0.491 e.